The fraction of sp³-hybridized carbons (Fsp3) is 0.294. The molecule has 2 N–H and O–H groups in total. The molecule has 2 rings (SSSR count). The molecule has 2 heteroatoms. The van der Waals surface area contributed by atoms with E-state index in [1.54, 1.807) is 0 Å². The highest BCUT2D eigenvalue weighted by atomic mass is 15.1. The summed E-state index contributed by atoms with van der Waals surface area (Å²) in [6, 6.07) is 18.9. The first-order valence-corrected chi connectivity index (χ1v) is 6.97. The zero-order valence-corrected chi connectivity index (χ0v) is 11.5. The van der Waals surface area contributed by atoms with Crippen LogP contribution in [0.25, 0.3) is 0 Å². The number of hydrogen-bond acceptors (Lipinski definition) is 2. The molecule has 0 aliphatic heterocycles. The van der Waals surface area contributed by atoms with Crippen molar-refractivity contribution in [3.05, 3.63) is 60.2 Å². The third kappa shape index (κ3) is 3.36. The van der Waals surface area contributed by atoms with Gasteiger partial charge in [-0.2, -0.15) is 0 Å². The molecule has 19 heavy (non-hydrogen) atoms. The van der Waals surface area contributed by atoms with Gasteiger partial charge < -0.3 is 10.6 Å². The number of nitrogens with zero attached hydrogens (tertiary/aromatic N) is 1. The number of benzene rings is 2. The normalized spacial score (nSPS) is 10.4. The topological polar surface area (TPSA) is 29.3 Å². The van der Waals surface area contributed by atoms with Gasteiger partial charge in [0, 0.05) is 24.5 Å². The van der Waals surface area contributed by atoms with Crippen molar-refractivity contribution in [2.45, 2.75) is 26.3 Å². The minimum atomic E-state index is 0.575. The molecular weight excluding hydrogens is 232 g/mol. The predicted molar refractivity (Wildman–Crippen MR) is 82.7 cm³/mol. The van der Waals surface area contributed by atoms with E-state index in [2.05, 4.69) is 66.4 Å². The third-order valence-electron chi connectivity index (χ3n) is 3.31. The van der Waals surface area contributed by atoms with E-state index in [0.29, 0.717) is 6.54 Å². The van der Waals surface area contributed by atoms with Crippen LogP contribution in [0.3, 0.4) is 0 Å². The van der Waals surface area contributed by atoms with E-state index in [0.717, 1.165) is 6.54 Å². The molecule has 100 valence electrons. The highest BCUT2D eigenvalue weighted by molar-refractivity contribution is 5.66. The Labute approximate surface area is 115 Å². The molecule has 0 aliphatic carbocycles. The fourth-order valence-corrected chi connectivity index (χ4v) is 2.26. The van der Waals surface area contributed by atoms with E-state index in [4.69, 9.17) is 5.73 Å². The van der Waals surface area contributed by atoms with Crippen LogP contribution in [-0.4, -0.2) is 6.54 Å². The maximum Gasteiger partial charge on any atom is 0.0456 e. The lowest BCUT2D eigenvalue weighted by molar-refractivity contribution is 0.782. The summed E-state index contributed by atoms with van der Waals surface area (Å²) in [4.78, 5) is 2.37. The van der Waals surface area contributed by atoms with Gasteiger partial charge in [0.25, 0.3) is 0 Å². The van der Waals surface area contributed by atoms with E-state index < -0.39 is 0 Å². The van der Waals surface area contributed by atoms with Crippen LogP contribution in [0.5, 0.6) is 0 Å². The monoisotopic (exact) mass is 254 g/mol. The summed E-state index contributed by atoms with van der Waals surface area (Å²) in [5.41, 5.74) is 9.52. The Kier molecular flexibility index (Phi) is 4.99. The molecule has 2 aromatic rings. The van der Waals surface area contributed by atoms with Crippen LogP contribution < -0.4 is 10.6 Å². The van der Waals surface area contributed by atoms with Crippen LogP contribution in [-0.2, 0) is 6.54 Å². The fourth-order valence-electron chi connectivity index (χ4n) is 2.26. The number of unbranched alkanes of at least 4 members (excludes halogenated alkanes) is 1. The summed E-state index contributed by atoms with van der Waals surface area (Å²) in [5, 5.41) is 0. The maximum atomic E-state index is 5.87. The zero-order chi connectivity index (χ0) is 13.5. The highest BCUT2D eigenvalue weighted by Crippen LogP contribution is 2.28. The SMILES string of the molecule is CCCCN(c1ccccc1)c1ccccc1CN. The van der Waals surface area contributed by atoms with E-state index in [1.165, 1.54) is 29.8 Å². The van der Waals surface area contributed by atoms with Crippen LogP contribution in [0, 0.1) is 0 Å². The molecule has 2 aromatic carbocycles. The van der Waals surface area contributed by atoms with E-state index in [-0.39, 0.29) is 0 Å². The Hall–Kier alpha value is -1.80. The van der Waals surface area contributed by atoms with Gasteiger partial charge in [0.05, 0.1) is 0 Å². The number of nitrogens with two attached hydrogens (primary N) is 1. The molecule has 0 aliphatic rings. The molecule has 0 amide bonds. The van der Waals surface area contributed by atoms with E-state index in [9.17, 15) is 0 Å². The Morgan fingerprint density at radius 2 is 1.63 bits per heavy atom. The summed E-state index contributed by atoms with van der Waals surface area (Å²) in [5.74, 6) is 0. The molecule has 0 aromatic heterocycles. The highest BCUT2D eigenvalue weighted by Gasteiger charge is 2.11. The standard InChI is InChI=1S/C17H22N2/c1-2-3-13-19(16-10-5-4-6-11-16)17-12-8-7-9-15(17)14-18/h4-12H,2-3,13-14,18H2,1H3. The van der Waals surface area contributed by atoms with Gasteiger partial charge >= 0.3 is 0 Å². The van der Waals surface area contributed by atoms with Gasteiger partial charge in [0.1, 0.15) is 0 Å². The molecule has 0 unspecified atom stereocenters. The summed E-state index contributed by atoms with van der Waals surface area (Å²) in [6.45, 7) is 3.82. The Morgan fingerprint density at radius 3 is 2.32 bits per heavy atom. The van der Waals surface area contributed by atoms with Crippen molar-refractivity contribution in [1.82, 2.24) is 0 Å². The molecule has 0 fully saturated rings. The van der Waals surface area contributed by atoms with Crippen LogP contribution in [0.15, 0.2) is 54.6 Å². The Morgan fingerprint density at radius 1 is 0.947 bits per heavy atom. The molecule has 0 radical (unpaired) electrons. The second-order valence-corrected chi connectivity index (χ2v) is 4.67. The van der Waals surface area contributed by atoms with Crippen molar-refractivity contribution in [2.75, 3.05) is 11.4 Å². The van der Waals surface area contributed by atoms with Gasteiger partial charge in [-0.1, -0.05) is 49.7 Å². The molecule has 0 spiro atoms. The summed E-state index contributed by atoms with van der Waals surface area (Å²) in [7, 11) is 0. The number of anilines is 2. The van der Waals surface area contributed by atoms with Gasteiger partial charge in [-0.15, -0.1) is 0 Å². The lowest BCUT2D eigenvalue weighted by Crippen LogP contribution is -2.20. The molecule has 2 nitrogen and oxygen atoms in total. The van der Waals surface area contributed by atoms with Crippen molar-refractivity contribution in [3.8, 4) is 0 Å². The maximum absolute atomic E-state index is 5.87. The van der Waals surface area contributed by atoms with E-state index >= 15 is 0 Å². The smallest absolute Gasteiger partial charge is 0.0456 e. The first kappa shape index (κ1) is 13.6. The second-order valence-electron chi connectivity index (χ2n) is 4.67. The third-order valence-corrected chi connectivity index (χ3v) is 3.31. The van der Waals surface area contributed by atoms with Gasteiger partial charge in [0.2, 0.25) is 0 Å². The van der Waals surface area contributed by atoms with Crippen molar-refractivity contribution < 1.29 is 0 Å². The summed E-state index contributed by atoms with van der Waals surface area (Å²) in [6.07, 6.45) is 2.36. The average Bonchev–Trinajstić information content (AvgIpc) is 2.49. The van der Waals surface area contributed by atoms with Crippen molar-refractivity contribution in [2.24, 2.45) is 5.73 Å². The Balaban J connectivity index is 2.37. The largest absolute Gasteiger partial charge is 0.341 e. The van der Waals surface area contributed by atoms with Crippen LogP contribution in [0.2, 0.25) is 0 Å². The van der Waals surface area contributed by atoms with Crippen molar-refractivity contribution >= 4 is 11.4 Å². The molecule has 0 atom stereocenters. The van der Waals surface area contributed by atoms with Gasteiger partial charge in [-0.3, -0.25) is 0 Å². The summed E-state index contributed by atoms with van der Waals surface area (Å²) >= 11 is 0. The molecule has 0 heterocycles. The molecule has 0 bridgehead atoms. The Bertz CT molecular complexity index is 494. The van der Waals surface area contributed by atoms with Crippen LogP contribution >= 0.6 is 0 Å². The van der Waals surface area contributed by atoms with Gasteiger partial charge in [-0.05, 0) is 30.2 Å². The van der Waals surface area contributed by atoms with Crippen LogP contribution in [0.1, 0.15) is 25.3 Å². The molecule has 0 saturated carbocycles. The average molecular weight is 254 g/mol. The number of hydrogen-bond donors (Lipinski definition) is 1. The van der Waals surface area contributed by atoms with Crippen molar-refractivity contribution in [3.63, 3.8) is 0 Å². The van der Waals surface area contributed by atoms with Gasteiger partial charge in [-0.25, -0.2) is 0 Å². The zero-order valence-electron chi connectivity index (χ0n) is 11.5. The number of para-hydroxylation sites is 2. The first-order valence-electron chi connectivity index (χ1n) is 6.97. The second kappa shape index (κ2) is 6.95. The molecule has 0 saturated heterocycles. The minimum absolute atomic E-state index is 0.575. The van der Waals surface area contributed by atoms with Crippen LogP contribution in [0.4, 0.5) is 11.4 Å². The quantitative estimate of drug-likeness (QED) is 0.841. The van der Waals surface area contributed by atoms with Gasteiger partial charge in [0.15, 0.2) is 0 Å². The van der Waals surface area contributed by atoms with E-state index in [1.807, 2.05) is 0 Å². The minimum Gasteiger partial charge on any atom is -0.341 e. The lowest BCUT2D eigenvalue weighted by Gasteiger charge is -2.27. The predicted octanol–water partition coefficient (Wildman–Crippen LogP) is 4.08. The first-order chi connectivity index (χ1) is 9.36. The molecular formula is C17H22N2. The summed E-state index contributed by atoms with van der Waals surface area (Å²) < 4.78 is 0. The lowest BCUT2D eigenvalue weighted by atomic mass is 10.1. The van der Waals surface area contributed by atoms with Crippen molar-refractivity contribution in [1.29, 1.82) is 0 Å². The number of rotatable bonds is 6.